The smallest absolute Gasteiger partial charge is 0.223 e. The molecule has 5 nitrogen and oxygen atoms in total. The van der Waals surface area contributed by atoms with Crippen LogP contribution < -0.4 is 5.73 Å². The molecule has 0 unspecified atom stereocenters. The summed E-state index contributed by atoms with van der Waals surface area (Å²) < 4.78 is 1.41. The topological polar surface area (TPSA) is 69.1 Å². The number of hydrogen-bond acceptors (Lipinski definition) is 3. The highest BCUT2D eigenvalue weighted by molar-refractivity contribution is 5.81. The predicted molar refractivity (Wildman–Crippen MR) is 53.1 cm³/mol. The van der Waals surface area contributed by atoms with E-state index >= 15 is 0 Å². The molecule has 0 spiro atoms. The normalized spacial score (nSPS) is 11.6. The van der Waals surface area contributed by atoms with E-state index in [9.17, 15) is 0 Å². The lowest BCUT2D eigenvalue weighted by Crippen LogP contribution is -2.22. The van der Waals surface area contributed by atoms with Crippen LogP contribution in [0.3, 0.4) is 0 Å². The van der Waals surface area contributed by atoms with Crippen molar-refractivity contribution in [3.63, 3.8) is 0 Å². The van der Waals surface area contributed by atoms with Gasteiger partial charge in [-0.3, -0.25) is 0 Å². The molecule has 1 aromatic heterocycles. The largest absolute Gasteiger partial charge is 0.368 e. The lowest BCUT2D eigenvalue weighted by Gasteiger charge is -1.98. The Morgan fingerprint density at radius 3 is 2.71 bits per heavy atom. The molecule has 0 aliphatic rings. The molecule has 2 aromatic rings. The Bertz CT molecular complexity index is 418. The van der Waals surface area contributed by atoms with E-state index in [0.717, 1.165) is 5.69 Å². The van der Waals surface area contributed by atoms with Crippen molar-refractivity contribution >= 4 is 11.6 Å². The van der Waals surface area contributed by atoms with E-state index in [4.69, 9.17) is 5.73 Å². The molecule has 0 radical (unpaired) electrons. The Kier molecular flexibility index (Phi) is 2.22. The fraction of sp³-hybridized carbons (Fsp3) is 0. The zero-order chi connectivity index (χ0) is 9.80. The number of aromatic nitrogens is 3. The third-order valence-electron chi connectivity index (χ3n) is 1.65. The van der Waals surface area contributed by atoms with Crippen LogP contribution in [-0.2, 0) is 0 Å². The monoisotopic (exact) mass is 187 g/mol. The molecule has 0 bridgehead atoms. The van der Waals surface area contributed by atoms with E-state index in [1.165, 1.54) is 17.3 Å². The van der Waals surface area contributed by atoms with Gasteiger partial charge in [-0.05, 0) is 12.1 Å². The van der Waals surface area contributed by atoms with Gasteiger partial charge in [-0.1, -0.05) is 18.2 Å². The summed E-state index contributed by atoms with van der Waals surface area (Å²) in [6.45, 7) is 0. The molecule has 5 heteroatoms. The molecule has 0 aliphatic heterocycles. The van der Waals surface area contributed by atoms with E-state index in [1.807, 2.05) is 30.3 Å². The molecule has 2 rings (SSSR count). The number of rotatable bonds is 1. The third kappa shape index (κ3) is 1.77. The van der Waals surface area contributed by atoms with Crippen LogP contribution in [0.15, 0.2) is 48.0 Å². The minimum Gasteiger partial charge on any atom is -0.368 e. The zero-order valence-corrected chi connectivity index (χ0v) is 7.41. The number of nitrogens with zero attached hydrogens (tertiary/aromatic N) is 4. The van der Waals surface area contributed by atoms with Gasteiger partial charge in [-0.2, -0.15) is 9.78 Å². The maximum Gasteiger partial charge on any atom is 0.223 e. The van der Waals surface area contributed by atoms with Crippen LogP contribution in [0.25, 0.3) is 0 Å². The Balaban J connectivity index is 2.28. The summed E-state index contributed by atoms with van der Waals surface area (Å²) in [6, 6.07) is 9.44. The second-order valence-electron chi connectivity index (χ2n) is 2.65. The van der Waals surface area contributed by atoms with Crippen LogP contribution in [0.4, 0.5) is 5.69 Å². The van der Waals surface area contributed by atoms with Crippen molar-refractivity contribution in [2.24, 2.45) is 10.7 Å². The van der Waals surface area contributed by atoms with Gasteiger partial charge in [-0.25, -0.2) is 9.98 Å². The summed E-state index contributed by atoms with van der Waals surface area (Å²) in [6.07, 6.45) is 2.91. The number of hydrogen-bond donors (Lipinski definition) is 1. The molecule has 0 saturated heterocycles. The van der Waals surface area contributed by atoms with Crippen LogP contribution >= 0.6 is 0 Å². The summed E-state index contributed by atoms with van der Waals surface area (Å²) in [5.41, 5.74) is 6.47. The fourth-order valence-corrected chi connectivity index (χ4v) is 1.01. The van der Waals surface area contributed by atoms with Crippen LogP contribution in [0, 0.1) is 0 Å². The molecule has 0 aliphatic carbocycles. The fourth-order valence-electron chi connectivity index (χ4n) is 1.01. The van der Waals surface area contributed by atoms with Gasteiger partial charge in [0.1, 0.15) is 12.7 Å². The van der Waals surface area contributed by atoms with Crippen LogP contribution in [0.2, 0.25) is 0 Å². The molecule has 14 heavy (non-hydrogen) atoms. The Morgan fingerprint density at radius 1 is 1.29 bits per heavy atom. The van der Waals surface area contributed by atoms with Crippen LogP contribution in [0.1, 0.15) is 0 Å². The average molecular weight is 187 g/mol. The number of benzene rings is 1. The van der Waals surface area contributed by atoms with Crippen molar-refractivity contribution in [3.8, 4) is 0 Å². The molecule has 0 fully saturated rings. The van der Waals surface area contributed by atoms with Gasteiger partial charge in [0.25, 0.3) is 0 Å². The van der Waals surface area contributed by atoms with Gasteiger partial charge in [-0.15, -0.1) is 0 Å². The molecule has 1 heterocycles. The molecule has 70 valence electrons. The van der Waals surface area contributed by atoms with E-state index in [-0.39, 0.29) is 0 Å². The molecule has 0 amide bonds. The van der Waals surface area contributed by atoms with Crippen molar-refractivity contribution in [2.75, 3.05) is 0 Å². The van der Waals surface area contributed by atoms with Crippen LogP contribution in [0.5, 0.6) is 0 Å². The second-order valence-corrected chi connectivity index (χ2v) is 2.65. The Hall–Kier alpha value is -2.17. The van der Waals surface area contributed by atoms with Gasteiger partial charge >= 0.3 is 0 Å². The highest BCUT2D eigenvalue weighted by atomic mass is 15.4. The molecular formula is C9H9N5. The molecule has 2 N–H and O–H groups in total. The molecule has 0 atom stereocenters. The second kappa shape index (κ2) is 3.69. The van der Waals surface area contributed by atoms with E-state index in [0.29, 0.717) is 5.96 Å². The van der Waals surface area contributed by atoms with Crippen molar-refractivity contribution < 1.29 is 0 Å². The summed E-state index contributed by atoms with van der Waals surface area (Å²) in [5, 5.41) is 3.86. The lowest BCUT2D eigenvalue weighted by atomic mass is 10.3. The number of aliphatic imine (C=N–C) groups is 1. The van der Waals surface area contributed by atoms with Gasteiger partial charge in [0, 0.05) is 0 Å². The summed E-state index contributed by atoms with van der Waals surface area (Å²) >= 11 is 0. The SMILES string of the molecule is NC(=Nc1ccccc1)n1cncn1. The highest BCUT2D eigenvalue weighted by Crippen LogP contribution is 2.08. The zero-order valence-electron chi connectivity index (χ0n) is 7.41. The molecule has 0 saturated carbocycles. The van der Waals surface area contributed by atoms with Crippen LogP contribution in [-0.4, -0.2) is 20.7 Å². The Labute approximate surface area is 80.9 Å². The van der Waals surface area contributed by atoms with E-state index in [1.54, 1.807) is 0 Å². The quantitative estimate of drug-likeness (QED) is 0.529. The average Bonchev–Trinajstić information content (AvgIpc) is 2.72. The minimum absolute atomic E-state index is 0.300. The Morgan fingerprint density at radius 2 is 2.07 bits per heavy atom. The third-order valence-corrected chi connectivity index (χ3v) is 1.65. The molecular weight excluding hydrogens is 178 g/mol. The van der Waals surface area contributed by atoms with Crippen molar-refractivity contribution in [1.82, 2.24) is 14.8 Å². The summed E-state index contributed by atoms with van der Waals surface area (Å²) in [5.74, 6) is 0.300. The van der Waals surface area contributed by atoms with Gasteiger partial charge in [0.2, 0.25) is 5.96 Å². The first-order valence-electron chi connectivity index (χ1n) is 4.10. The van der Waals surface area contributed by atoms with Crippen molar-refractivity contribution in [1.29, 1.82) is 0 Å². The maximum absolute atomic E-state index is 5.68. The van der Waals surface area contributed by atoms with Crippen molar-refractivity contribution in [3.05, 3.63) is 43.0 Å². The minimum atomic E-state index is 0.300. The van der Waals surface area contributed by atoms with Gasteiger partial charge < -0.3 is 5.73 Å². The van der Waals surface area contributed by atoms with E-state index < -0.39 is 0 Å². The predicted octanol–water partition coefficient (Wildman–Crippen LogP) is 0.773. The van der Waals surface area contributed by atoms with Crippen molar-refractivity contribution in [2.45, 2.75) is 0 Å². The molecule has 1 aromatic carbocycles. The first kappa shape index (κ1) is 8.43. The highest BCUT2D eigenvalue weighted by Gasteiger charge is 1.95. The number of para-hydroxylation sites is 1. The number of nitrogens with two attached hydrogens (primary N) is 1. The van der Waals surface area contributed by atoms with Gasteiger partial charge in [0.05, 0.1) is 5.69 Å². The lowest BCUT2D eigenvalue weighted by molar-refractivity contribution is 0.919. The summed E-state index contributed by atoms with van der Waals surface area (Å²) in [7, 11) is 0. The first-order valence-corrected chi connectivity index (χ1v) is 4.10. The van der Waals surface area contributed by atoms with Gasteiger partial charge in [0.15, 0.2) is 0 Å². The van der Waals surface area contributed by atoms with E-state index in [2.05, 4.69) is 15.1 Å². The summed E-state index contributed by atoms with van der Waals surface area (Å²) in [4.78, 5) is 7.93. The first-order chi connectivity index (χ1) is 6.86. The standard InChI is InChI=1S/C9H9N5/c10-9(14-7-11-6-12-14)13-8-4-2-1-3-5-8/h1-7H,(H2,10,13). The maximum atomic E-state index is 5.68.